The predicted octanol–water partition coefficient (Wildman–Crippen LogP) is 3.21. The number of halogens is 3. The number of carboxylic acids is 1. The molecule has 7 nitrogen and oxygen atoms in total. The third-order valence-electron chi connectivity index (χ3n) is 5.18. The Morgan fingerprint density at radius 2 is 1.72 bits per heavy atom. The molecule has 1 aliphatic heterocycles. The van der Waals surface area contributed by atoms with E-state index in [-0.39, 0.29) is 24.6 Å². The average Bonchev–Trinajstić information content (AvgIpc) is 2.77. The highest BCUT2D eigenvalue weighted by Crippen LogP contribution is 2.31. The first-order valence-corrected chi connectivity index (χ1v) is 11.3. The molecule has 2 aromatic carbocycles. The fourth-order valence-electron chi connectivity index (χ4n) is 3.29. The lowest BCUT2D eigenvalue weighted by Crippen LogP contribution is -2.48. The second kappa shape index (κ2) is 9.47. The summed E-state index contributed by atoms with van der Waals surface area (Å²) in [5.74, 6) is -1.11. The molecule has 0 spiro atoms. The molecule has 1 fully saturated rings. The van der Waals surface area contributed by atoms with Crippen LogP contribution in [-0.4, -0.2) is 56.1 Å². The lowest BCUT2D eigenvalue weighted by molar-refractivity contribution is -0.149. The Labute approximate surface area is 184 Å². The first kappa shape index (κ1) is 24.0. The molecule has 1 N–H and O–H groups in total. The second-order valence-electron chi connectivity index (χ2n) is 7.37. The fourth-order valence-corrected chi connectivity index (χ4v) is 4.78. The van der Waals surface area contributed by atoms with E-state index in [9.17, 15) is 26.4 Å². The van der Waals surface area contributed by atoms with E-state index in [1.807, 2.05) is 4.90 Å². The summed E-state index contributed by atoms with van der Waals surface area (Å²) >= 11 is 0. The topological polar surface area (TPSA) is 87.2 Å². The lowest BCUT2D eigenvalue weighted by atomic mass is 10.2. The van der Waals surface area contributed by atoms with Crippen LogP contribution >= 0.6 is 0 Å². The molecule has 1 unspecified atom stereocenters. The minimum atomic E-state index is -4.41. The van der Waals surface area contributed by atoms with Crippen molar-refractivity contribution >= 4 is 21.7 Å². The van der Waals surface area contributed by atoms with E-state index in [1.165, 1.54) is 35.5 Å². The molecule has 3 rings (SSSR count). The molecular formula is C21H23F3N2O5S. The molecule has 0 saturated carbocycles. The van der Waals surface area contributed by atoms with Crippen LogP contribution < -0.4 is 4.90 Å². The first-order chi connectivity index (χ1) is 15.0. The molecule has 2 aromatic rings. The third kappa shape index (κ3) is 5.59. The first-order valence-electron chi connectivity index (χ1n) is 9.84. The van der Waals surface area contributed by atoms with E-state index in [4.69, 9.17) is 9.84 Å². The number of alkyl halides is 3. The molecule has 0 aromatic heterocycles. The van der Waals surface area contributed by atoms with E-state index in [2.05, 4.69) is 0 Å². The summed E-state index contributed by atoms with van der Waals surface area (Å²) in [6.07, 6.45) is -5.43. The number of anilines is 1. The maximum Gasteiger partial charge on any atom is 0.416 e. The third-order valence-corrected chi connectivity index (χ3v) is 7.08. The number of aliphatic carboxylic acids is 1. The SMILES string of the molecule is CC(OCc1cccc(S(=O)(=O)N2CCN(c3ccc(C(F)(F)F)cc3)CC2)c1)C(=O)O. The van der Waals surface area contributed by atoms with Gasteiger partial charge in [0.1, 0.15) is 0 Å². The second-order valence-corrected chi connectivity index (χ2v) is 9.31. The van der Waals surface area contributed by atoms with Crippen molar-refractivity contribution in [1.29, 1.82) is 0 Å². The van der Waals surface area contributed by atoms with Gasteiger partial charge in [-0.1, -0.05) is 12.1 Å². The number of piperazine rings is 1. The zero-order valence-electron chi connectivity index (χ0n) is 17.2. The average molecular weight is 472 g/mol. The Morgan fingerprint density at radius 1 is 1.09 bits per heavy atom. The number of carboxylic acid groups (broad SMARTS) is 1. The Balaban J connectivity index is 1.64. The van der Waals surface area contributed by atoms with Gasteiger partial charge in [0.25, 0.3) is 0 Å². The minimum absolute atomic E-state index is 0.0431. The van der Waals surface area contributed by atoms with Crippen LogP contribution in [0.1, 0.15) is 18.1 Å². The van der Waals surface area contributed by atoms with E-state index in [1.54, 1.807) is 12.1 Å². The number of rotatable bonds is 7. The molecule has 1 aliphatic rings. The predicted molar refractivity (Wildman–Crippen MR) is 111 cm³/mol. The van der Waals surface area contributed by atoms with Crippen LogP contribution in [0.2, 0.25) is 0 Å². The van der Waals surface area contributed by atoms with Gasteiger partial charge in [-0.3, -0.25) is 0 Å². The number of hydrogen-bond acceptors (Lipinski definition) is 5. The zero-order chi connectivity index (χ0) is 23.5. The lowest BCUT2D eigenvalue weighted by Gasteiger charge is -2.35. The number of carbonyl (C=O) groups is 1. The molecule has 0 aliphatic carbocycles. The normalized spacial score (nSPS) is 16.7. The maximum absolute atomic E-state index is 13.0. The van der Waals surface area contributed by atoms with Crippen LogP contribution in [0.3, 0.4) is 0 Å². The van der Waals surface area contributed by atoms with E-state index in [0.29, 0.717) is 24.3 Å². The van der Waals surface area contributed by atoms with Crippen LogP contribution in [0, 0.1) is 0 Å². The molecule has 1 heterocycles. The number of hydrogen-bond donors (Lipinski definition) is 1. The molecule has 1 saturated heterocycles. The molecule has 0 amide bonds. The van der Waals surface area contributed by atoms with Crippen LogP contribution in [0.15, 0.2) is 53.4 Å². The molecule has 0 bridgehead atoms. The smallest absolute Gasteiger partial charge is 0.416 e. The molecule has 32 heavy (non-hydrogen) atoms. The Hall–Kier alpha value is -2.63. The summed E-state index contributed by atoms with van der Waals surface area (Å²) in [6, 6.07) is 10.9. The van der Waals surface area contributed by atoms with Crippen molar-refractivity contribution in [3.05, 3.63) is 59.7 Å². The van der Waals surface area contributed by atoms with Crippen LogP contribution in [0.25, 0.3) is 0 Å². The maximum atomic E-state index is 13.0. The fraction of sp³-hybridized carbons (Fsp3) is 0.381. The standard InChI is InChI=1S/C21H23F3N2O5S/c1-15(20(27)28)31-14-16-3-2-4-19(13-16)32(29,30)26-11-9-25(10-12-26)18-7-5-17(6-8-18)21(22,23)24/h2-8,13,15H,9-12,14H2,1H3,(H,27,28). The van der Waals surface area contributed by atoms with Crippen molar-refractivity contribution in [2.45, 2.75) is 30.7 Å². The molecule has 11 heteroatoms. The van der Waals surface area contributed by atoms with E-state index >= 15 is 0 Å². The monoisotopic (exact) mass is 472 g/mol. The van der Waals surface area contributed by atoms with Crippen molar-refractivity contribution in [3.8, 4) is 0 Å². The van der Waals surface area contributed by atoms with Gasteiger partial charge in [0.2, 0.25) is 10.0 Å². The van der Waals surface area contributed by atoms with Gasteiger partial charge in [0, 0.05) is 31.9 Å². The number of ether oxygens (including phenoxy) is 1. The summed E-state index contributed by atoms with van der Waals surface area (Å²) < 4.78 is 70.8. The van der Waals surface area contributed by atoms with Crippen molar-refractivity contribution in [2.75, 3.05) is 31.1 Å². The van der Waals surface area contributed by atoms with Crippen LogP contribution in [-0.2, 0) is 32.3 Å². The summed E-state index contributed by atoms with van der Waals surface area (Å²) in [4.78, 5) is 12.8. The van der Waals surface area contributed by atoms with Gasteiger partial charge in [0.05, 0.1) is 17.1 Å². The zero-order valence-corrected chi connectivity index (χ0v) is 18.1. The van der Waals surface area contributed by atoms with Gasteiger partial charge >= 0.3 is 12.1 Å². The Morgan fingerprint density at radius 3 is 2.28 bits per heavy atom. The highest BCUT2D eigenvalue weighted by Gasteiger charge is 2.31. The van der Waals surface area contributed by atoms with Gasteiger partial charge < -0.3 is 14.7 Å². The summed E-state index contributed by atoms with van der Waals surface area (Å²) in [6.45, 7) is 2.38. The molecular weight excluding hydrogens is 449 g/mol. The largest absolute Gasteiger partial charge is 0.479 e. The summed E-state index contributed by atoms with van der Waals surface area (Å²) in [5.41, 5.74) is 0.397. The van der Waals surface area contributed by atoms with Crippen molar-refractivity contribution in [3.63, 3.8) is 0 Å². The highest BCUT2D eigenvalue weighted by atomic mass is 32.2. The Bertz CT molecular complexity index is 1050. The molecule has 1 atom stereocenters. The number of sulfonamides is 1. The summed E-state index contributed by atoms with van der Waals surface area (Å²) in [5, 5.41) is 8.89. The van der Waals surface area contributed by atoms with Crippen molar-refractivity contribution in [1.82, 2.24) is 4.31 Å². The van der Waals surface area contributed by atoms with E-state index in [0.717, 1.165) is 12.1 Å². The van der Waals surface area contributed by atoms with Crippen molar-refractivity contribution < 1.29 is 36.2 Å². The van der Waals surface area contributed by atoms with E-state index < -0.39 is 33.8 Å². The van der Waals surface area contributed by atoms with Crippen molar-refractivity contribution in [2.24, 2.45) is 0 Å². The summed E-state index contributed by atoms with van der Waals surface area (Å²) in [7, 11) is -3.79. The quantitative estimate of drug-likeness (QED) is 0.666. The van der Waals surface area contributed by atoms with Gasteiger partial charge in [-0.15, -0.1) is 0 Å². The van der Waals surface area contributed by atoms with Gasteiger partial charge in [-0.25, -0.2) is 13.2 Å². The Kier molecular flexibility index (Phi) is 7.11. The van der Waals surface area contributed by atoms with Crippen LogP contribution in [0.4, 0.5) is 18.9 Å². The number of nitrogens with zero attached hydrogens (tertiary/aromatic N) is 2. The molecule has 0 radical (unpaired) electrons. The minimum Gasteiger partial charge on any atom is -0.479 e. The van der Waals surface area contributed by atoms with Gasteiger partial charge in [-0.05, 0) is 48.9 Å². The highest BCUT2D eigenvalue weighted by molar-refractivity contribution is 7.89. The van der Waals surface area contributed by atoms with Crippen LogP contribution in [0.5, 0.6) is 0 Å². The number of benzene rings is 2. The molecule has 174 valence electrons. The van der Waals surface area contributed by atoms with Gasteiger partial charge in [0.15, 0.2) is 6.10 Å². The van der Waals surface area contributed by atoms with Gasteiger partial charge in [-0.2, -0.15) is 17.5 Å².